The fourth-order valence-electron chi connectivity index (χ4n) is 6.94. The van der Waals surface area contributed by atoms with Crippen molar-refractivity contribution in [2.45, 2.75) is 110 Å². The molecule has 15 heteroatoms. The van der Waals surface area contributed by atoms with E-state index in [1.165, 1.54) is 21.0 Å². The van der Waals surface area contributed by atoms with Crippen LogP contribution >= 0.6 is 11.5 Å². The van der Waals surface area contributed by atoms with Gasteiger partial charge in [0.15, 0.2) is 5.65 Å². The van der Waals surface area contributed by atoms with E-state index in [4.69, 9.17) is 14.2 Å². The maximum absolute atomic E-state index is 14.2. The molecule has 1 saturated carbocycles. The van der Waals surface area contributed by atoms with Crippen LogP contribution in [0.1, 0.15) is 70.9 Å². The van der Waals surface area contributed by atoms with Gasteiger partial charge in [0.25, 0.3) is 11.5 Å². The summed E-state index contributed by atoms with van der Waals surface area (Å²) in [7, 11) is 1.90. The highest BCUT2D eigenvalue weighted by Gasteiger charge is 2.51. The van der Waals surface area contributed by atoms with Crippen LogP contribution < -0.4 is 26.0 Å². The van der Waals surface area contributed by atoms with Crippen LogP contribution in [0.15, 0.2) is 27.8 Å². The van der Waals surface area contributed by atoms with Crippen molar-refractivity contribution in [3.8, 4) is 11.5 Å². The Morgan fingerprint density at radius 1 is 1.04 bits per heavy atom. The van der Waals surface area contributed by atoms with E-state index in [1.807, 2.05) is 18.2 Å². The summed E-state index contributed by atoms with van der Waals surface area (Å²) in [6.07, 6.45) is 4.33. The zero-order valence-electron chi connectivity index (χ0n) is 31.4. The molecule has 3 heterocycles. The van der Waals surface area contributed by atoms with Gasteiger partial charge in [-0.15, -0.1) is 0 Å². The SMILES string of the molecule is CCCCn1c(=O)n(C2CCC(CN3C(=O)N(COCC[Si](C)(C)C)C(=O)C3(C)C)CC2)c(=O)c2c(NCc3ccc(OC)cc3OC)snc21. The highest BCUT2D eigenvalue weighted by Crippen LogP contribution is 2.36. The van der Waals surface area contributed by atoms with Gasteiger partial charge in [0.05, 0.1) is 14.2 Å². The fourth-order valence-corrected chi connectivity index (χ4v) is 8.47. The molecule has 1 aliphatic carbocycles. The Bertz CT molecular complexity index is 1840. The quantitative estimate of drug-likeness (QED) is 0.104. The first-order chi connectivity index (χ1) is 24.2. The Morgan fingerprint density at radius 3 is 2.41 bits per heavy atom. The Hall–Kier alpha value is -3.69. The minimum absolute atomic E-state index is 0.0353. The number of imide groups is 1. The van der Waals surface area contributed by atoms with Gasteiger partial charge in [0.2, 0.25) is 0 Å². The molecule has 0 unspecified atom stereocenters. The number of fused-ring (bicyclic) bond motifs is 1. The van der Waals surface area contributed by atoms with E-state index in [9.17, 15) is 19.2 Å². The van der Waals surface area contributed by atoms with Crippen molar-refractivity contribution >= 4 is 47.6 Å². The van der Waals surface area contributed by atoms with E-state index in [0.717, 1.165) is 24.4 Å². The molecule has 0 radical (unpaired) electrons. The topological polar surface area (TPSA) is 137 Å². The second-order valence-corrected chi connectivity index (χ2v) is 21.8. The summed E-state index contributed by atoms with van der Waals surface area (Å²) < 4.78 is 24.4. The van der Waals surface area contributed by atoms with Crippen molar-refractivity contribution in [1.29, 1.82) is 0 Å². The van der Waals surface area contributed by atoms with E-state index < -0.39 is 13.6 Å². The van der Waals surface area contributed by atoms with Gasteiger partial charge >= 0.3 is 11.7 Å². The zero-order chi connectivity index (χ0) is 37.1. The fraction of sp³-hybridized carbons (Fsp3) is 0.639. The number of rotatable bonds is 16. The average Bonchev–Trinajstić information content (AvgIpc) is 3.59. The van der Waals surface area contributed by atoms with Crippen LogP contribution in [0.25, 0.3) is 11.0 Å². The Kier molecular flexibility index (Phi) is 12.0. The molecular formula is C36H54N6O7SSi. The third-order valence-electron chi connectivity index (χ3n) is 10.2. The van der Waals surface area contributed by atoms with Gasteiger partial charge < -0.3 is 24.4 Å². The minimum atomic E-state index is -1.30. The largest absolute Gasteiger partial charge is 0.497 e. The monoisotopic (exact) mass is 742 g/mol. The first-order valence-corrected chi connectivity index (χ1v) is 22.5. The normalized spacial score (nSPS) is 19.3. The van der Waals surface area contributed by atoms with E-state index in [-0.39, 0.29) is 41.9 Å². The predicted molar refractivity (Wildman–Crippen MR) is 203 cm³/mol. The van der Waals surface area contributed by atoms with Crippen molar-refractivity contribution in [2.24, 2.45) is 5.92 Å². The highest BCUT2D eigenvalue weighted by atomic mass is 32.1. The number of amides is 3. The molecule has 0 atom stereocenters. The van der Waals surface area contributed by atoms with E-state index >= 15 is 0 Å². The van der Waals surface area contributed by atoms with Crippen LogP contribution in [0, 0.1) is 5.92 Å². The predicted octanol–water partition coefficient (Wildman–Crippen LogP) is 6.14. The third kappa shape index (κ3) is 8.20. The molecule has 5 rings (SSSR count). The van der Waals surface area contributed by atoms with Crippen molar-refractivity contribution < 1.29 is 23.8 Å². The Labute approximate surface area is 305 Å². The van der Waals surface area contributed by atoms with Crippen molar-refractivity contribution in [1.82, 2.24) is 23.3 Å². The summed E-state index contributed by atoms with van der Waals surface area (Å²) in [6, 6.07) is 5.93. The second kappa shape index (κ2) is 15.9. The number of urea groups is 1. The molecule has 0 spiro atoms. The number of ether oxygens (including phenoxy) is 3. The Morgan fingerprint density at radius 2 is 1.76 bits per heavy atom. The molecular weight excluding hydrogens is 689 g/mol. The number of aryl methyl sites for hydroxylation is 1. The summed E-state index contributed by atoms with van der Waals surface area (Å²) in [5.41, 5.74) is -0.349. The lowest BCUT2D eigenvalue weighted by Crippen LogP contribution is -2.47. The number of hydrogen-bond donors (Lipinski definition) is 1. The maximum atomic E-state index is 14.2. The zero-order valence-corrected chi connectivity index (χ0v) is 33.2. The van der Waals surface area contributed by atoms with Gasteiger partial charge in [-0.25, -0.2) is 14.5 Å². The number of unbranched alkanes of at least 4 members (excludes halogenated alkanes) is 1. The smallest absolute Gasteiger partial charge is 0.332 e. The number of methoxy groups -OCH3 is 2. The van der Waals surface area contributed by atoms with Crippen LogP contribution in [0.2, 0.25) is 25.7 Å². The van der Waals surface area contributed by atoms with Gasteiger partial charge in [0.1, 0.15) is 34.2 Å². The van der Waals surface area contributed by atoms with Crippen LogP contribution in [-0.4, -0.2) is 83.0 Å². The Balaban J connectivity index is 1.32. The molecule has 2 aliphatic rings. The lowest BCUT2D eigenvalue weighted by Gasteiger charge is -2.35. The molecule has 0 bridgehead atoms. The number of aromatic nitrogens is 3. The van der Waals surface area contributed by atoms with E-state index in [0.29, 0.717) is 79.5 Å². The molecule has 1 aliphatic heterocycles. The summed E-state index contributed by atoms with van der Waals surface area (Å²) >= 11 is 1.18. The molecule has 2 aromatic heterocycles. The number of benzene rings is 1. The lowest BCUT2D eigenvalue weighted by molar-refractivity contribution is -0.135. The van der Waals surface area contributed by atoms with Crippen molar-refractivity contribution in [2.75, 3.05) is 39.4 Å². The summed E-state index contributed by atoms with van der Waals surface area (Å²) in [4.78, 5) is 57.9. The van der Waals surface area contributed by atoms with Gasteiger partial charge in [-0.3, -0.25) is 18.7 Å². The molecule has 51 heavy (non-hydrogen) atoms. The summed E-state index contributed by atoms with van der Waals surface area (Å²) in [6.45, 7) is 14.2. The molecule has 1 aromatic carbocycles. The molecule has 3 aromatic rings. The van der Waals surface area contributed by atoms with Crippen LogP contribution in [0.5, 0.6) is 11.5 Å². The summed E-state index contributed by atoms with van der Waals surface area (Å²) in [5, 5.41) is 4.41. The second-order valence-electron chi connectivity index (χ2n) is 15.4. The molecule has 280 valence electrons. The standard InChI is InChI=1S/C36H54N6O7SSi/c1-9-10-17-39-30-29(31(50-38-30)37-21-25-13-16-27(47-4)20-28(25)48-5)32(43)42(35(39)46)26-14-11-24(12-15-26)22-41-34(45)40(33(44)36(41,2)3)23-49-18-19-51(6,7)8/h13,16,20,24,26,37H,9-12,14-15,17-19,21-23H2,1-8H3. The average molecular weight is 743 g/mol. The molecule has 13 nitrogen and oxygen atoms in total. The molecule has 1 N–H and O–H groups in total. The first kappa shape index (κ1) is 38.5. The molecule has 3 amide bonds. The van der Waals surface area contributed by atoms with Gasteiger partial charge in [-0.1, -0.05) is 33.0 Å². The van der Waals surface area contributed by atoms with E-state index in [1.54, 1.807) is 37.5 Å². The van der Waals surface area contributed by atoms with E-state index in [2.05, 4.69) is 36.3 Å². The highest BCUT2D eigenvalue weighted by molar-refractivity contribution is 7.11. The number of anilines is 1. The van der Waals surface area contributed by atoms with Gasteiger partial charge in [-0.2, -0.15) is 4.37 Å². The van der Waals surface area contributed by atoms with Crippen LogP contribution in [0.3, 0.4) is 0 Å². The van der Waals surface area contributed by atoms with Gasteiger partial charge in [0, 0.05) is 52.0 Å². The van der Waals surface area contributed by atoms with Gasteiger partial charge in [-0.05, 0) is 81.6 Å². The maximum Gasteiger partial charge on any atom is 0.332 e. The van der Waals surface area contributed by atoms with Crippen molar-refractivity contribution in [3.05, 3.63) is 44.6 Å². The minimum Gasteiger partial charge on any atom is -0.497 e. The number of carbonyl (C=O) groups is 2. The number of nitrogens with zero attached hydrogens (tertiary/aromatic N) is 5. The van der Waals surface area contributed by atoms with Crippen LogP contribution in [-0.2, 0) is 22.6 Å². The number of nitrogens with one attached hydrogen (secondary N) is 1. The third-order valence-corrected chi connectivity index (χ3v) is 12.7. The van der Waals surface area contributed by atoms with Crippen molar-refractivity contribution in [3.63, 3.8) is 0 Å². The first-order valence-electron chi connectivity index (χ1n) is 18.0. The molecule has 1 saturated heterocycles. The summed E-state index contributed by atoms with van der Waals surface area (Å²) in [5.74, 6) is 1.22. The number of carbonyl (C=O) groups excluding carboxylic acids is 2. The molecule has 2 fully saturated rings. The number of hydrogen-bond acceptors (Lipinski definition) is 10. The lowest BCUT2D eigenvalue weighted by atomic mass is 9.85. The van der Waals surface area contributed by atoms with Crippen LogP contribution in [0.4, 0.5) is 9.80 Å².